The lowest BCUT2D eigenvalue weighted by Gasteiger charge is -1.76. The Hall–Kier alpha value is 0.110. The maximum absolute atomic E-state index is 9.46. The van der Waals surface area contributed by atoms with Gasteiger partial charge < -0.3 is 10.3 Å². The van der Waals surface area contributed by atoms with Gasteiger partial charge in [-0.1, -0.05) is 15.9 Å². The van der Waals surface area contributed by atoms with Gasteiger partial charge in [0, 0.05) is 0 Å². The van der Waals surface area contributed by atoms with Gasteiger partial charge in [0.05, 0.1) is 4.83 Å². The number of hydrogen-bond donors (Lipinski definition) is 0. The van der Waals surface area contributed by atoms with E-state index in [4.69, 9.17) is 0 Å². The van der Waals surface area contributed by atoms with Crippen LogP contribution < -0.4 is 0 Å². The van der Waals surface area contributed by atoms with E-state index in [1.807, 2.05) is 0 Å². The largest absolute Gasteiger partial charge is 0.412 e. The molecule has 2 N–H and O–H groups in total. The van der Waals surface area contributed by atoms with Crippen molar-refractivity contribution in [1.29, 1.82) is 0 Å². The Kier molecular flexibility index (Phi) is 8.04. The first-order valence-corrected chi connectivity index (χ1v) is 2.28. The fourth-order valence-electron chi connectivity index (χ4n) is 0. The average Bonchev–Trinajstić information content (AvgIpc) is 1.38. The third-order valence-corrected chi connectivity index (χ3v) is 0.403. The number of aldehydes is 1. The van der Waals surface area contributed by atoms with E-state index in [1.54, 1.807) is 6.92 Å². The van der Waals surface area contributed by atoms with E-state index < -0.39 is 0 Å². The van der Waals surface area contributed by atoms with Gasteiger partial charge in [0.1, 0.15) is 6.29 Å². The molecule has 0 amide bonds. The Bertz CT molecular complexity index is 35.8. The summed E-state index contributed by atoms with van der Waals surface area (Å²) < 4.78 is 0. The van der Waals surface area contributed by atoms with Gasteiger partial charge in [-0.25, -0.2) is 0 Å². The summed E-state index contributed by atoms with van der Waals surface area (Å²) in [4.78, 5) is 9.47. The van der Waals surface area contributed by atoms with Crippen LogP contribution in [0.5, 0.6) is 0 Å². The number of alkyl halides is 1. The molecule has 0 fully saturated rings. The van der Waals surface area contributed by atoms with Crippen molar-refractivity contribution in [2.45, 2.75) is 11.8 Å². The zero-order valence-electron chi connectivity index (χ0n) is 3.44. The first kappa shape index (κ1) is 9.44. The van der Waals surface area contributed by atoms with Crippen molar-refractivity contribution in [2.24, 2.45) is 0 Å². The third kappa shape index (κ3) is 8.93. The van der Waals surface area contributed by atoms with Crippen LogP contribution in [0.15, 0.2) is 0 Å². The van der Waals surface area contributed by atoms with Crippen LogP contribution >= 0.6 is 15.9 Å². The highest BCUT2D eigenvalue weighted by Gasteiger charge is 1.82. The van der Waals surface area contributed by atoms with E-state index in [0.29, 0.717) is 0 Å². The quantitative estimate of drug-likeness (QED) is 0.392. The minimum absolute atomic E-state index is 0. The van der Waals surface area contributed by atoms with Crippen molar-refractivity contribution in [3.05, 3.63) is 0 Å². The van der Waals surface area contributed by atoms with Crippen molar-refractivity contribution in [2.75, 3.05) is 0 Å². The highest BCUT2D eigenvalue weighted by atomic mass is 79.9. The van der Waals surface area contributed by atoms with Crippen molar-refractivity contribution in [1.82, 2.24) is 0 Å². The van der Waals surface area contributed by atoms with Gasteiger partial charge >= 0.3 is 0 Å². The molecule has 3 heteroatoms. The van der Waals surface area contributed by atoms with E-state index in [0.717, 1.165) is 6.29 Å². The van der Waals surface area contributed by atoms with Crippen molar-refractivity contribution in [3.8, 4) is 0 Å². The molecule has 6 heavy (non-hydrogen) atoms. The molecule has 38 valence electrons. The maximum atomic E-state index is 9.46. The second-order valence-corrected chi connectivity index (χ2v) is 2.26. The molecule has 1 unspecified atom stereocenters. The maximum Gasteiger partial charge on any atom is 0.133 e. The van der Waals surface area contributed by atoms with E-state index in [1.165, 1.54) is 0 Å². The molecule has 0 rings (SSSR count). The summed E-state index contributed by atoms with van der Waals surface area (Å²) in [5.74, 6) is 0. The summed E-state index contributed by atoms with van der Waals surface area (Å²) in [6.07, 6.45) is 0.833. The molecule has 1 atom stereocenters. The fourth-order valence-corrected chi connectivity index (χ4v) is 0. The molecule has 0 saturated heterocycles. The molecule has 0 heterocycles. The summed E-state index contributed by atoms with van der Waals surface area (Å²) >= 11 is 3.01. The Labute approximate surface area is 45.0 Å². The van der Waals surface area contributed by atoms with Crippen molar-refractivity contribution < 1.29 is 10.3 Å². The molecule has 0 aromatic rings. The number of rotatable bonds is 1. The Balaban J connectivity index is 0. The summed E-state index contributed by atoms with van der Waals surface area (Å²) in [7, 11) is 0. The Morgan fingerprint density at radius 2 is 2.00 bits per heavy atom. The smallest absolute Gasteiger partial charge is 0.133 e. The van der Waals surface area contributed by atoms with Gasteiger partial charge in [0.2, 0.25) is 0 Å². The molecule has 0 saturated carbocycles. The van der Waals surface area contributed by atoms with Crippen LogP contribution in [0.4, 0.5) is 0 Å². The third-order valence-electron chi connectivity index (χ3n) is 0.188. The summed E-state index contributed by atoms with van der Waals surface area (Å²) in [6.45, 7) is 1.77. The number of carbonyl (C=O) groups is 1. The molecular weight excluding hydrogens is 148 g/mol. The fraction of sp³-hybridized carbons (Fsp3) is 0.667. The van der Waals surface area contributed by atoms with E-state index in [9.17, 15) is 4.79 Å². The first-order valence-electron chi connectivity index (χ1n) is 1.36. The monoisotopic (exact) mass is 154 g/mol. The van der Waals surface area contributed by atoms with Crippen molar-refractivity contribution >= 4 is 22.2 Å². The number of halogens is 1. The van der Waals surface area contributed by atoms with E-state index >= 15 is 0 Å². The molecule has 0 aliphatic carbocycles. The molecule has 0 radical (unpaired) electrons. The topological polar surface area (TPSA) is 48.6 Å². The lowest BCUT2D eigenvalue weighted by Crippen LogP contribution is -1.85. The van der Waals surface area contributed by atoms with Crippen LogP contribution in [-0.2, 0) is 4.79 Å². The molecule has 0 aliphatic heterocycles. The van der Waals surface area contributed by atoms with E-state index in [-0.39, 0.29) is 10.3 Å². The van der Waals surface area contributed by atoms with Gasteiger partial charge in [-0.2, -0.15) is 0 Å². The van der Waals surface area contributed by atoms with Crippen molar-refractivity contribution in [3.63, 3.8) is 0 Å². The molecular formula is C3H7BrO2. The second kappa shape index (κ2) is 5.11. The average molecular weight is 155 g/mol. The first-order chi connectivity index (χ1) is 2.27. The van der Waals surface area contributed by atoms with Gasteiger partial charge in [0.25, 0.3) is 0 Å². The van der Waals surface area contributed by atoms with Crippen LogP contribution in [-0.4, -0.2) is 16.6 Å². The van der Waals surface area contributed by atoms with E-state index in [2.05, 4.69) is 15.9 Å². The van der Waals surface area contributed by atoms with Crippen LogP contribution in [0.25, 0.3) is 0 Å². The highest BCUT2D eigenvalue weighted by Crippen LogP contribution is 1.87. The van der Waals surface area contributed by atoms with Crippen LogP contribution in [0.2, 0.25) is 0 Å². The second-order valence-electron chi connectivity index (χ2n) is 0.814. The summed E-state index contributed by atoms with van der Waals surface area (Å²) in [6, 6.07) is 0. The summed E-state index contributed by atoms with van der Waals surface area (Å²) in [5.41, 5.74) is 0. The molecule has 0 bridgehead atoms. The summed E-state index contributed by atoms with van der Waals surface area (Å²) in [5, 5.41) is 0. The number of carbonyl (C=O) groups excluding carboxylic acids is 1. The van der Waals surface area contributed by atoms with Gasteiger partial charge in [-0.05, 0) is 6.92 Å². The van der Waals surface area contributed by atoms with Gasteiger partial charge in [-0.15, -0.1) is 0 Å². The highest BCUT2D eigenvalue weighted by molar-refractivity contribution is 9.09. The van der Waals surface area contributed by atoms with Gasteiger partial charge in [-0.3, -0.25) is 0 Å². The molecule has 0 aromatic carbocycles. The number of hydrogen-bond acceptors (Lipinski definition) is 1. The molecule has 0 spiro atoms. The van der Waals surface area contributed by atoms with Crippen LogP contribution in [0.1, 0.15) is 6.92 Å². The predicted octanol–water partition coefficient (Wildman–Crippen LogP) is 0.144. The molecule has 2 nitrogen and oxygen atoms in total. The zero-order valence-corrected chi connectivity index (χ0v) is 5.03. The Morgan fingerprint density at radius 1 is 1.83 bits per heavy atom. The lowest BCUT2D eigenvalue weighted by molar-refractivity contribution is -0.107. The standard InChI is InChI=1S/C3H5BrO.H2O/c1-3(4)2-5;/h2-3H,1H3;1H2. The normalized spacial score (nSPS) is 11.7. The lowest BCUT2D eigenvalue weighted by atomic mass is 10.6. The molecule has 0 aromatic heterocycles. The van der Waals surface area contributed by atoms with Gasteiger partial charge in [0.15, 0.2) is 0 Å². The minimum Gasteiger partial charge on any atom is -0.412 e. The van der Waals surface area contributed by atoms with Crippen LogP contribution in [0.3, 0.4) is 0 Å². The predicted molar refractivity (Wildman–Crippen MR) is 28.1 cm³/mol. The Morgan fingerprint density at radius 3 is 2.00 bits per heavy atom. The van der Waals surface area contributed by atoms with Crippen LogP contribution in [0, 0.1) is 0 Å². The SMILES string of the molecule is CC(Br)C=O.O. The zero-order chi connectivity index (χ0) is 4.28. The molecule has 0 aliphatic rings. The minimum atomic E-state index is 0.